The maximum absolute atomic E-state index is 14.0. The third-order valence-electron chi connectivity index (χ3n) is 3.51. The zero-order chi connectivity index (χ0) is 19.7. The van der Waals surface area contributed by atoms with Gasteiger partial charge < -0.3 is 15.2 Å². The number of ether oxygens (including phenoxy) is 1. The van der Waals surface area contributed by atoms with Gasteiger partial charge in [0.1, 0.15) is 10.0 Å². The molecule has 0 aliphatic rings. The van der Waals surface area contributed by atoms with Crippen molar-refractivity contribution in [2.45, 2.75) is 13.5 Å². The number of nitrogens with one attached hydrogen (secondary N) is 1. The Morgan fingerprint density at radius 2 is 2.04 bits per heavy atom. The van der Waals surface area contributed by atoms with Gasteiger partial charge in [-0.3, -0.25) is 0 Å². The van der Waals surface area contributed by atoms with Gasteiger partial charge in [-0.2, -0.15) is 4.39 Å². The molecule has 3 aromatic rings. The molecule has 3 rings (SSSR count). The fourth-order valence-electron chi connectivity index (χ4n) is 2.23. The van der Waals surface area contributed by atoms with Crippen molar-refractivity contribution in [3.63, 3.8) is 0 Å². The predicted molar refractivity (Wildman–Crippen MR) is 94.2 cm³/mol. The summed E-state index contributed by atoms with van der Waals surface area (Å²) < 4.78 is 45.6. The van der Waals surface area contributed by atoms with E-state index in [1.807, 2.05) is 0 Å². The first-order valence-corrected chi connectivity index (χ1v) is 9.12. The number of halogens is 3. The van der Waals surface area contributed by atoms with Gasteiger partial charge in [0.2, 0.25) is 5.82 Å². The van der Waals surface area contributed by atoms with E-state index in [2.05, 4.69) is 20.0 Å². The second-order valence-corrected chi connectivity index (χ2v) is 7.23. The molecule has 2 aromatic heterocycles. The molecule has 0 unspecified atom stereocenters. The van der Waals surface area contributed by atoms with Crippen molar-refractivity contribution in [2.24, 2.45) is 0 Å². The lowest BCUT2D eigenvalue weighted by Gasteiger charge is -2.03. The number of carbonyl (C=O) groups excluding carboxylic acids is 1. The van der Waals surface area contributed by atoms with E-state index in [0.29, 0.717) is 27.3 Å². The van der Waals surface area contributed by atoms with E-state index in [9.17, 15) is 18.0 Å². The Labute approximate surface area is 159 Å². The highest BCUT2D eigenvalue weighted by atomic mass is 32.1. The highest BCUT2D eigenvalue weighted by Gasteiger charge is 2.22. The Kier molecular flexibility index (Phi) is 5.33. The normalized spacial score (nSPS) is 10.9. The summed E-state index contributed by atoms with van der Waals surface area (Å²) in [6.07, 6.45) is -0.591. The van der Waals surface area contributed by atoms with Crippen molar-refractivity contribution in [2.75, 3.05) is 7.11 Å². The maximum atomic E-state index is 14.0. The van der Waals surface area contributed by atoms with Crippen molar-refractivity contribution in [3.05, 3.63) is 39.6 Å². The SMILES string of the molecule is COC(=O)NCc1nc(C)c(-c2csc(-c3cc(F)c(O)c(F)c3F)n2)s1. The van der Waals surface area contributed by atoms with Crippen molar-refractivity contribution >= 4 is 28.8 Å². The molecule has 0 atom stereocenters. The van der Waals surface area contributed by atoms with Crippen LogP contribution in [0.2, 0.25) is 0 Å². The quantitative estimate of drug-likeness (QED) is 0.624. The largest absolute Gasteiger partial charge is 0.503 e. The number of nitrogens with zero attached hydrogens (tertiary/aromatic N) is 2. The van der Waals surface area contributed by atoms with Gasteiger partial charge in [-0.05, 0) is 13.0 Å². The molecule has 1 amide bonds. The number of rotatable bonds is 4. The number of phenolic OH excluding ortho intramolecular Hbond substituents is 1. The van der Waals surface area contributed by atoms with E-state index in [4.69, 9.17) is 5.11 Å². The summed E-state index contributed by atoms with van der Waals surface area (Å²) in [5.74, 6) is -5.68. The average Bonchev–Trinajstić information content (AvgIpc) is 3.27. The zero-order valence-corrected chi connectivity index (χ0v) is 15.6. The van der Waals surface area contributed by atoms with E-state index in [-0.39, 0.29) is 17.1 Å². The minimum atomic E-state index is -1.66. The number of hydrogen-bond donors (Lipinski definition) is 2. The maximum Gasteiger partial charge on any atom is 0.407 e. The minimum Gasteiger partial charge on any atom is -0.503 e. The van der Waals surface area contributed by atoms with Gasteiger partial charge in [-0.25, -0.2) is 23.5 Å². The van der Waals surface area contributed by atoms with E-state index in [1.165, 1.54) is 18.4 Å². The number of aromatic hydroxyl groups is 1. The lowest BCUT2D eigenvalue weighted by Crippen LogP contribution is -2.22. The molecule has 0 spiro atoms. The molecule has 2 heterocycles. The topological polar surface area (TPSA) is 84.3 Å². The molecule has 0 aliphatic heterocycles. The molecule has 11 heteroatoms. The monoisotopic (exact) mass is 415 g/mol. The number of aromatic nitrogens is 2. The number of alkyl carbamates (subject to hydrolysis) is 1. The summed E-state index contributed by atoms with van der Waals surface area (Å²) >= 11 is 2.27. The highest BCUT2D eigenvalue weighted by Crippen LogP contribution is 2.37. The number of aryl methyl sites for hydroxylation is 1. The third-order valence-corrected chi connectivity index (χ3v) is 5.57. The molecular weight excluding hydrogens is 403 g/mol. The van der Waals surface area contributed by atoms with Gasteiger partial charge >= 0.3 is 6.09 Å². The van der Waals surface area contributed by atoms with E-state index >= 15 is 0 Å². The van der Waals surface area contributed by atoms with Gasteiger partial charge in [0, 0.05) is 5.38 Å². The molecule has 27 heavy (non-hydrogen) atoms. The number of hydrogen-bond acceptors (Lipinski definition) is 7. The molecule has 6 nitrogen and oxygen atoms in total. The number of thiazole rings is 2. The van der Waals surface area contributed by atoms with Crippen LogP contribution in [0.3, 0.4) is 0 Å². The average molecular weight is 415 g/mol. The van der Waals surface area contributed by atoms with Crippen molar-refractivity contribution in [1.82, 2.24) is 15.3 Å². The van der Waals surface area contributed by atoms with Gasteiger partial charge in [-0.15, -0.1) is 22.7 Å². The second-order valence-electron chi connectivity index (χ2n) is 5.29. The van der Waals surface area contributed by atoms with Crippen LogP contribution in [-0.4, -0.2) is 28.3 Å². The summed E-state index contributed by atoms with van der Waals surface area (Å²) in [7, 11) is 1.25. The molecular formula is C16H12F3N3O3S2. The van der Waals surface area contributed by atoms with E-state index in [0.717, 1.165) is 11.3 Å². The van der Waals surface area contributed by atoms with Crippen LogP contribution in [0.15, 0.2) is 11.4 Å². The fraction of sp³-hybridized carbons (Fsp3) is 0.188. The smallest absolute Gasteiger partial charge is 0.407 e. The first-order valence-electron chi connectivity index (χ1n) is 7.42. The van der Waals surface area contributed by atoms with Crippen molar-refractivity contribution < 1.29 is 27.8 Å². The molecule has 0 radical (unpaired) electrons. The van der Waals surface area contributed by atoms with Crippen LogP contribution in [0.1, 0.15) is 10.7 Å². The van der Waals surface area contributed by atoms with Crippen LogP contribution < -0.4 is 5.32 Å². The highest BCUT2D eigenvalue weighted by molar-refractivity contribution is 7.16. The van der Waals surface area contributed by atoms with Crippen LogP contribution in [0.25, 0.3) is 21.1 Å². The van der Waals surface area contributed by atoms with Crippen LogP contribution >= 0.6 is 22.7 Å². The minimum absolute atomic E-state index is 0.0577. The molecule has 0 saturated heterocycles. The van der Waals surface area contributed by atoms with Crippen molar-refractivity contribution in [1.29, 1.82) is 0 Å². The number of methoxy groups -OCH3 is 1. The Hall–Kier alpha value is -2.66. The number of benzene rings is 1. The Bertz CT molecular complexity index is 1020. The van der Waals surface area contributed by atoms with Crippen LogP contribution in [0, 0.1) is 24.4 Å². The van der Waals surface area contributed by atoms with Gasteiger partial charge in [0.15, 0.2) is 17.4 Å². The Morgan fingerprint density at radius 1 is 1.30 bits per heavy atom. The molecule has 0 aliphatic carbocycles. The van der Waals surface area contributed by atoms with Crippen molar-refractivity contribution in [3.8, 4) is 26.9 Å². The molecule has 0 fully saturated rings. The molecule has 0 saturated carbocycles. The predicted octanol–water partition coefficient (Wildman–Crippen LogP) is 4.22. The van der Waals surface area contributed by atoms with Crippen LogP contribution in [0.5, 0.6) is 5.75 Å². The standard InChI is InChI=1S/C16H12F3N3O3S2/c1-6-14(27-10(21-6)4-20-16(24)25-2)9-5-26-15(22-9)7-3-8(17)13(23)12(19)11(7)18/h3,5,23H,4H2,1-2H3,(H,20,24). The number of phenols is 1. The third kappa shape index (κ3) is 3.74. The summed E-state index contributed by atoms with van der Waals surface area (Å²) in [4.78, 5) is 20.4. The molecule has 1 aromatic carbocycles. The zero-order valence-electron chi connectivity index (χ0n) is 14.0. The summed E-state index contributed by atoms with van der Waals surface area (Å²) in [5, 5.41) is 13.9. The van der Waals surface area contributed by atoms with E-state index < -0.39 is 29.3 Å². The molecule has 142 valence electrons. The number of carbonyl (C=O) groups is 1. The van der Waals surface area contributed by atoms with Gasteiger partial charge in [0.25, 0.3) is 0 Å². The van der Waals surface area contributed by atoms with E-state index in [1.54, 1.807) is 12.3 Å². The van der Waals surface area contributed by atoms with Crippen LogP contribution in [-0.2, 0) is 11.3 Å². The second kappa shape index (κ2) is 7.53. The Morgan fingerprint density at radius 3 is 2.74 bits per heavy atom. The first-order chi connectivity index (χ1) is 12.8. The number of amides is 1. The summed E-state index contributed by atoms with van der Waals surface area (Å²) in [6.45, 7) is 1.91. The first kappa shape index (κ1) is 19.1. The lowest BCUT2D eigenvalue weighted by atomic mass is 10.2. The summed E-state index contributed by atoms with van der Waals surface area (Å²) in [5.41, 5.74) is 0.721. The summed E-state index contributed by atoms with van der Waals surface area (Å²) in [6, 6.07) is 0.696. The van der Waals surface area contributed by atoms with Crippen LogP contribution in [0.4, 0.5) is 18.0 Å². The fourth-order valence-corrected chi connectivity index (χ4v) is 4.09. The Balaban J connectivity index is 1.91. The van der Waals surface area contributed by atoms with Gasteiger partial charge in [-0.1, -0.05) is 0 Å². The molecule has 2 N–H and O–H groups in total. The molecule has 0 bridgehead atoms. The van der Waals surface area contributed by atoms with Gasteiger partial charge in [0.05, 0.1) is 35.5 Å². The lowest BCUT2D eigenvalue weighted by molar-refractivity contribution is 0.170.